The molecule has 2 atom stereocenters. The molecule has 36 heavy (non-hydrogen) atoms. The van der Waals surface area contributed by atoms with Gasteiger partial charge in [-0.2, -0.15) is 39.5 Å². The van der Waals surface area contributed by atoms with E-state index >= 15 is 0 Å². The van der Waals surface area contributed by atoms with Crippen molar-refractivity contribution in [1.82, 2.24) is 5.32 Å². The van der Waals surface area contributed by atoms with Gasteiger partial charge < -0.3 is 15.7 Å². The van der Waals surface area contributed by atoms with Gasteiger partial charge >= 0.3 is 18.5 Å². The van der Waals surface area contributed by atoms with Crippen LogP contribution in [-0.4, -0.2) is 29.9 Å². The average Bonchev–Trinajstić information content (AvgIpc) is 3.10. The lowest BCUT2D eigenvalue weighted by Crippen LogP contribution is -2.48. The molecular weight excluding hydrogens is 531 g/mol. The van der Waals surface area contributed by atoms with E-state index in [1.807, 2.05) is 0 Å². The summed E-state index contributed by atoms with van der Waals surface area (Å²) in [4.78, 5) is 11.6. The number of anilines is 1. The normalized spacial score (nSPS) is 17.9. The zero-order chi connectivity index (χ0) is 27.1. The van der Waals surface area contributed by atoms with Crippen molar-refractivity contribution in [3.63, 3.8) is 0 Å². The van der Waals surface area contributed by atoms with Gasteiger partial charge in [-0.1, -0.05) is 17.7 Å². The van der Waals surface area contributed by atoms with Crippen LogP contribution in [0.15, 0.2) is 36.4 Å². The Labute approximate surface area is 203 Å². The van der Waals surface area contributed by atoms with E-state index in [0.29, 0.717) is 29.7 Å². The van der Waals surface area contributed by atoms with Gasteiger partial charge in [0.1, 0.15) is 6.42 Å². The summed E-state index contributed by atoms with van der Waals surface area (Å²) in [7, 11) is 0. The zero-order valence-corrected chi connectivity index (χ0v) is 18.8. The van der Waals surface area contributed by atoms with Crippen molar-refractivity contribution < 1.29 is 49.4 Å². The van der Waals surface area contributed by atoms with Gasteiger partial charge in [0.25, 0.3) is 0 Å². The van der Waals surface area contributed by atoms with Crippen LogP contribution in [-0.2, 0) is 23.0 Å². The summed E-state index contributed by atoms with van der Waals surface area (Å²) >= 11 is 5.59. The summed E-state index contributed by atoms with van der Waals surface area (Å²) in [5.41, 5.74) is -5.25. The fraction of sp³-hybridized carbons (Fsp3) is 0.409. The first-order valence-corrected chi connectivity index (χ1v) is 10.7. The van der Waals surface area contributed by atoms with Crippen LogP contribution in [0.2, 0.25) is 5.02 Å². The Bertz CT molecular complexity index is 1130. The highest BCUT2D eigenvalue weighted by atomic mass is 35.5. The number of amides is 1. The highest BCUT2D eigenvalue weighted by Gasteiger charge is 2.55. The number of benzene rings is 2. The molecule has 1 aliphatic rings. The van der Waals surface area contributed by atoms with Crippen LogP contribution in [0.4, 0.5) is 45.2 Å². The Balaban J connectivity index is 1.81. The van der Waals surface area contributed by atoms with Crippen molar-refractivity contribution in [1.29, 1.82) is 0 Å². The third kappa shape index (κ3) is 6.36. The number of hydrogen-bond acceptors (Lipinski definition) is 3. The van der Waals surface area contributed by atoms with Crippen LogP contribution in [0.1, 0.15) is 41.1 Å². The van der Waals surface area contributed by atoms with Gasteiger partial charge in [-0.3, -0.25) is 4.79 Å². The summed E-state index contributed by atoms with van der Waals surface area (Å²) < 4.78 is 118. The Hall–Kier alpha value is -2.67. The van der Waals surface area contributed by atoms with E-state index < -0.39 is 65.2 Å². The molecule has 0 bridgehead atoms. The Kier molecular flexibility index (Phi) is 7.49. The number of fused-ring (bicyclic) bond motifs is 1. The first-order valence-electron chi connectivity index (χ1n) is 10.3. The molecule has 0 saturated carbocycles. The number of aliphatic hydroxyl groups is 1. The maximum Gasteiger partial charge on any atom is 0.423 e. The van der Waals surface area contributed by atoms with Gasteiger partial charge in [0.15, 0.2) is 0 Å². The minimum Gasteiger partial charge on any atom is -0.381 e. The van der Waals surface area contributed by atoms with Crippen LogP contribution < -0.4 is 10.6 Å². The number of rotatable bonds is 6. The number of halogens is 10. The van der Waals surface area contributed by atoms with Gasteiger partial charge in [0, 0.05) is 10.7 Å². The quantitative estimate of drug-likeness (QED) is 0.373. The standard InChI is InChI=1S/C22H18ClF9N2O2/c23-14-7-12(6-13(8-14)21(27,28)29)19(36,22(30,31)32)10-33-15-2-3-16-11(5-15)1-4-17(16)34-18(35)9-20(24,25)26/h2-3,5-8,17,33,36H,1,4,9-10H2,(H,34,35)/t17-,19-/m0/s1. The minimum atomic E-state index is -5.39. The number of hydrogen-bond donors (Lipinski definition) is 3. The van der Waals surface area contributed by atoms with Gasteiger partial charge in [0.05, 0.1) is 18.2 Å². The van der Waals surface area contributed by atoms with Crippen LogP contribution in [0.5, 0.6) is 0 Å². The molecule has 0 radical (unpaired) electrons. The fourth-order valence-corrected chi connectivity index (χ4v) is 4.13. The molecule has 0 fully saturated rings. The molecular formula is C22H18ClF9N2O2. The van der Waals surface area contributed by atoms with E-state index in [4.69, 9.17) is 11.6 Å². The molecule has 2 aromatic rings. The second-order valence-corrected chi connectivity index (χ2v) is 8.74. The van der Waals surface area contributed by atoms with Crippen molar-refractivity contribution >= 4 is 23.2 Å². The molecule has 0 heterocycles. The van der Waals surface area contributed by atoms with Gasteiger partial charge in [0.2, 0.25) is 11.5 Å². The smallest absolute Gasteiger partial charge is 0.381 e. The highest BCUT2D eigenvalue weighted by Crippen LogP contribution is 2.43. The fourth-order valence-electron chi connectivity index (χ4n) is 3.89. The van der Waals surface area contributed by atoms with Gasteiger partial charge in [-0.05, 0) is 59.9 Å². The number of carbonyl (C=O) groups is 1. The van der Waals surface area contributed by atoms with Crippen LogP contribution in [0, 0.1) is 0 Å². The molecule has 0 saturated heterocycles. The molecule has 3 rings (SSSR count). The van der Waals surface area contributed by atoms with E-state index in [0.717, 1.165) is 0 Å². The number of nitrogens with one attached hydrogen (secondary N) is 2. The van der Waals surface area contributed by atoms with E-state index in [1.54, 1.807) is 0 Å². The summed E-state index contributed by atoms with van der Waals surface area (Å²) in [6.07, 6.45) is -16.2. The molecule has 0 aliphatic heterocycles. The number of aryl methyl sites for hydroxylation is 1. The topological polar surface area (TPSA) is 61.4 Å². The SMILES string of the molecule is O=C(CC(F)(F)F)N[C@H]1CCc2cc(NC[C@](O)(c3cc(Cl)cc(C(F)(F)F)c3)C(F)(F)F)ccc21. The van der Waals surface area contributed by atoms with Gasteiger partial charge in [-0.15, -0.1) is 0 Å². The number of carbonyl (C=O) groups excluding carboxylic acids is 1. The Morgan fingerprint density at radius 2 is 1.61 bits per heavy atom. The zero-order valence-electron chi connectivity index (χ0n) is 18.0. The molecule has 0 spiro atoms. The summed E-state index contributed by atoms with van der Waals surface area (Å²) in [5.74, 6) is -1.22. The maximum atomic E-state index is 13.8. The highest BCUT2D eigenvalue weighted by molar-refractivity contribution is 6.30. The molecule has 0 unspecified atom stereocenters. The van der Waals surface area contributed by atoms with E-state index in [2.05, 4.69) is 10.6 Å². The van der Waals surface area contributed by atoms with Gasteiger partial charge in [-0.25, -0.2) is 0 Å². The summed E-state index contributed by atoms with van der Waals surface area (Å²) in [6.45, 7) is -1.27. The second-order valence-electron chi connectivity index (χ2n) is 8.30. The second kappa shape index (κ2) is 9.66. The van der Waals surface area contributed by atoms with Crippen LogP contribution in [0.3, 0.4) is 0 Å². The summed E-state index contributed by atoms with van der Waals surface area (Å²) in [5, 5.41) is 14.4. The predicted octanol–water partition coefficient (Wildman–Crippen LogP) is 6.28. The lowest BCUT2D eigenvalue weighted by molar-refractivity contribution is -0.260. The predicted molar refractivity (Wildman–Crippen MR) is 111 cm³/mol. The molecule has 3 N–H and O–H groups in total. The van der Waals surface area contributed by atoms with E-state index in [1.165, 1.54) is 18.2 Å². The average molecular weight is 549 g/mol. The third-order valence-corrected chi connectivity index (χ3v) is 5.86. The third-order valence-electron chi connectivity index (χ3n) is 5.64. The Morgan fingerprint density at radius 1 is 0.972 bits per heavy atom. The minimum absolute atomic E-state index is 0.0664. The lowest BCUT2D eigenvalue weighted by atomic mass is 9.91. The number of alkyl halides is 9. The summed E-state index contributed by atoms with van der Waals surface area (Å²) in [6, 6.07) is 4.53. The first kappa shape index (κ1) is 27.9. The largest absolute Gasteiger partial charge is 0.423 e. The van der Waals surface area contributed by atoms with Crippen molar-refractivity contribution in [3.8, 4) is 0 Å². The molecule has 14 heteroatoms. The van der Waals surface area contributed by atoms with E-state index in [-0.39, 0.29) is 18.2 Å². The maximum absolute atomic E-state index is 13.8. The lowest BCUT2D eigenvalue weighted by Gasteiger charge is -2.32. The molecule has 198 valence electrons. The molecule has 0 aromatic heterocycles. The van der Waals surface area contributed by atoms with Crippen LogP contribution >= 0.6 is 11.6 Å². The molecule has 4 nitrogen and oxygen atoms in total. The van der Waals surface area contributed by atoms with Crippen LogP contribution in [0.25, 0.3) is 0 Å². The molecule has 1 amide bonds. The van der Waals surface area contributed by atoms with E-state index in [9.17, 15) is 49.4 Å². The monoisotopic (exact) mass is 548 g/mol. The van der Waals surface area contributed by atoms with Crippen molar-refractivity contribution in [2.24, 2.45) is 0 Å². The Morgan fingerprint density at radius 3 is 2.19 bits per heavy atom. The first-order chi connectivity index (χ1) is 16.4. The molecule has 2 aromatic carbocycles. The molecule has 1 aliphatic carbocycles. The van der Waals surface area contributed by atoms with Crippen molar-refractivity contribution in [2.75, 3.05) is 11.9 Å². The van der Waals surface area contributed by atoms with Crippen molar-refractivity contribution in [2.45, 2.75) is 49.4 Å². The van der Waals surface area contributed by atoms with Crippen molar-refractivity contribution in [3.05, 3.63) is 63.7 Å².